The first-order chi connectivity index (χ1) is 13.0. The number of hydrogen-bond acceptors (Lipinski definition) is 1. The van der Waals surface area contributed by atoms with Crippen LogP contribution in [-0.2, 0) is 19.3 Å². The first kappa shape index (κ1) is 19.0. The molecule has 4 heteroatoms. The van der Waals surface area contributed by atoms with E-state index < -0.39 is 17.5 Å². The molecule has 0 saturated carbocycles. The molecule has 0 fully saturated rings. The number of hydrogen-bond donors (Lipinski definition) is 0. The van der Waals surface area contributed by atoms with Gasteiger partial charge in [0.1, 0.15) is 0 Å². The van der Waals surface area contributed by atoms with Crippen molar-refractivity contribution in [3.63, 3.8) is 0 Å². The Morgan fingerprint density at radius 1 is 0.741 bits per heavy atom. The van der Waals surface area contributed by atoms with E-state index in [1.807, 2.05) is 24.3 Å². The standard InChI is InChI=1S/C23H21F3O/c1-3-16-10-11-18(23(26)22(16)25)9-6-15-4-7-17(8-5-15)19-12-13-21(27-2)20(24)14-19/h4-5,7-8,10-14H,3,6,9H2,1-2H3. The van der Waals surface area contributed by atoms with E-state index in [1.165, 1.54) is 13.2 Å². The molecule has 0 aliphatic rings. The molecule has 0 radical (unpaired) electrons. The van der Waals surface area contributed by atoms with Gasteiger partial charge in [-0.25, -0.2) is 13.2 Å². The Kier molecular flexibility index (Phi) is 5.84. The molecule has 140 valence electrons. The summed E-state index contributed by atoms with van der Waals surface area (Å²) in [5.41, 5.74) is 3.42. The Morgan fingerprint density at radius 2 is 1.37 bits per heavy atom. The largest absolute Gasteiger partial charge is 0.494 e. The first-order valence-corrected chi connectivity index (χ1v) is 8.92. The summed E-state index contributed by atoms with van der Waals surface area (Å²) in [7, 11) is 1.43. The number of ether oxygens (including phenoxy) is 1. The Balaban J connectivity index is 1.71. The van der Waals surface area contributed by atoms with E-state index in [1.54, 1.807) is 31.2 Å². The summed E-state index contributed by atoms with van der Waals surface area (Å²) >= 11 is 0. The number of benzene rings is 3. The van der Waals surface area contributed by atoms with Crippen LogP contribution in [0.4, 0.5) is 13.2 Å². The average Bonchev–Trinajstić information content (AvgIpc) is 2.69. The number of methoxy groups -OCH3 is 1. The van der Waals surface area contributed by atoms with Crippen LogP contribution in [0.25, 0.3) is 11.1 Å². The van der Waals surface area contributed by atoms with E-state index in [4.69, 9.17) is 4.74 Å². The number of rotatable bonds is 6. The Morgan fingerprint density at radius 3 is 2.00 bits per heavy atom. The molecule has 0 unspecified atom stereocenters. The van der Waals surface area contributed by atoms with Gasteiger partial charge in [-0.15, -0.1) is 0 Å². The molecular formula is C23H21F3O. The van der Waals surface area contributed by atoms with Crippen molar-refractivity contribution in [2.24, 2.45) is 0 Å². The third kappa shape index (κ3) is 4.16. The van der Waals surface area contributed by atoms with E-state index in [2.05, 4.69) is 0 Å². The van der Waals surface area contributed by atoms with Crippen molar-refractivity contribution in [3.8, 4) is 16.9 Å². The average molecular weight is 370 g/mol. The van der Waals surface area contributed by atoms with E-state index in [-0.39, 0.29) is 5.75 Å². The van der Waals surface area contributed by atoms with E-state index in [0.717, 1.165) is 16.7 Å². The van der Waals surface area contributed by atoms with Crippen LogP contribution in [0.5, 0.6) is 5.75 Å². The smallest absolute Gasteiger partial charge is 0.165 e. The van der Waals surface area contributed by atoms with Crippen LogP contribution in [0, 0.1) is 17.5 Å². The minimum Gasteiger partial charge on any atom is -0.494 e. The molecule has 0 spiro atoms. The second-order valence-corrected chi connectivity index (χ2v) is 6.41. The molecule has 3 aromatic carbocycles. The molecule has 0 atom stereocenters. The van der Waals surface area contributed by atoms with Crippen molar-refractivity contribution in [1.29, 1.82) is 0 Å². The van der Waals surface area contributed by atoms with Crippen LogP contribution >= 0.6 is 0 Å². The fourth-order valence-electron chi connectivity index (χ4n) is 3.08. The van der Waals surface area contributed by atoms with Crippen molar-refractivity contribution in [1.82, 2.24) is 0 Å². The lowest BCUT2D eigenvalue weighted by molar-refractivity contribution is 0.386. The molecule has 0 N–H and O–H groups in total. The zero-order valence-corrected chi connectivity index (χ0v) is 15.4. The van der Waals surface area contributed by atoms with Gasteiger partial charge < -0.3 is 4.74 Å². The van der Waals surface area contributed by atoms with E-state index in [9.17, 15) is 13.2 Å². The molecular weight excluding hydrogens is 349 g/mol. The van der Waals surface area contributed by atoms with Gasteiger partial charge in [-0.2, -0.15) is 0 Å². The summed E-state index contributed by atoms with van der Waals surface area (Å²) in [5, 5.41) is 0. The molecule has 0 heterocycles. The zero-order valence-electron chi connectivity index (χ0n) is 15.4. The van der Waals surface area contributed by atoms with Gasteiger partial charge in [0.2, 0.25) is 0 Å². The summed E-state index contributed by atoms with van der Waals surface area (Å²) in [6, 6.07) is 15.8. The zero-order chi connectivity index (χ0) is 19.4. The van der Waals surface area contributed by atoms with Crippen LogP contribution in [0.15, 0.2) is 54.6 Å². The Labute approximate surface area is 157 Å². The third-order valence-corrected chi connectivity index (χ3v) is 4.75. The maximum atomic E-state index is 14.1. The van der Waals surface area contributed by atoms with Gasteiger partial charge in [0.05, 0.1) is 7.11 Å². The van der Waals surface area contributed by atoms with Gasteiger partial charge >= 0.3 is 0 Å². The van der Waals surface area contributed by atoms with Crippen LogP contribution in [-0.4, -0.2) is 7.11 Å². The van der Waals surface area contributed by atoms with Crippen molar-refractivity contribution in [2.75, 3.05) is 7.11 Å². The fourth-order valence-corrected chi connectivity index (χ4v) is 3.08. The fraction of sp³-hybridized carbons (Fsp3) is 0.217. The minimum atomic E-state index is -0.750. The van der Waals surface area contributed by atoms with Crippen LogP contribution in [0.2, 0.25) is 0 Å². The van der Waals surface area contributed by atoms with E-state index in [0.29, 0.717) is 30.4 Å². The van der Waals surface area contributed by atoms with Crippen LogP contribution in [0.1, 0.15) is 23.6 Å². The molecule has 3 aromatic rings. The van der Waals surface area contributed by atoms with Gasteiger partial charge in [-0.1, -0.05) is 49.4 Å². The molecule has 1 nitrogen and oxygen atoms in total. The lowest BCUT2D eigenvalue weighted by Gasteiger charge is -2.09. The van der Waals surface area contributed by atoms with Crippen molar-refractivity contribution in [3.05, 3.63) is 88.7 Å². The minimum absolute atomic E-state index is 0.207. The molecule has 3 rings (SSSR count). The maximum absolute atomic E-state index is 14.1. The highest BCUT2D eigenvalue weighted by Gasteiger charge is 2.12. The Bertz CT molecular complexity index is 933. The summed E-state index contributed by atoms with van der Waals surface area (Å²) in [5.74, 6) is -1.70. The molecule has 0 bridgehead atoms. The quantitative estimate of drug-likeness (QED) is 0.507. The lowest BCUT2D eigenvalue weighted by Crippen LogP contribution is -2.01. The third-order valence-electron chi connectivity index (χ3n) is 4.75. The van der Waals surface area contributed by atoms with Gasteiger partial charge in [-0.05, 0) is 59.2 Å². The predicted octanol–water partition coefficient (Wildman–Crippen LogP) is 6.13. The highest BCUT2D eigenvalue weighted by Crippen LogP contribution is 2.26. The molecule has 0 aliphatic carbocycles. The van der Waals surface area contributed by atoms with Gasteiger partial charge in [-0.3, -0.25) is 0 Å². The summed E-state index contributed by atoms with van der Waals surface area (Å²) in [4.78, 5) is 0. The van der Waals surface area contributed by atoms with Crippen molar-refractivity contribution in [2.45, 2.75) is 26.2 Å². The normalized spacial score (nSPS) is 10.9. The van der Waals surface area contributed by atoms with Crippen molar-refractivity contribution >= 4 is 0 Å². The van der Waals surface area contributed by atoms with Gasteiger partial charge in [0, 0.05) is 0 Å². The molecule has 0 amide bonds. The highest BCUT2D eigenvalue weighted by atomic mass is 19.2. The number of halogens is 3. The SMILES string of the molecule is CCc1ccc(CCc2ccc(-c3ccc(OC)c(F)c3)cc2)c(F)c1F. The predicted molar refractivity (Wildman–Crippen MR) is 102 cm³/mol. The second-order valence-electron chi connectivity index (χ2n) is 6.41. The molecule has 0 aliphatic heterocycles. The maximum Gasteiger partial charge on any atom is 0.165 e. The van der Waals surface area contributed by atoms with Crippen molar-refractivity contribution < 1.29 is 17.9 Å². The van der Waals surface area contributed by atoms with Gasteiger partial charge in [0.15, 0.2) is 23.2 Å². The monoisotopic (exact) mass is 370 g/mol. The summed E-state index contributed by atoms with van der Waals surface area (Å²) in [6.45, 7) is 1.80. The van der Waals surface area contributed by atoms with E-state index >= 15 is 0 Å². The highest BCUT2D eigenvalue weighted by molar-refractivity contribution is 5.64. The molecule has 0 saturated heterocycles. The lowest BCUT2D eigenvalue weighted by atomic mass is 9.99. The Hall–Kier alpha value is -2.75. The topological polar surface area (TPSA) is 9.23 Å². The molecule has 0 aromatic heterocycles. The summed E-state index contributed by atoms with van der Waals surface area (Å²) in [6.07, 6.45) is 1.48. The molecule has 27 heavy (non-hydrogen) atoms. The second kappa shape index (κ2) is 8.30. The first-order valence-electron chi connectivity index (χ1n) is 8.92. The summed E-state index contributed by atoms with van der Waals surface area (Å²) < 4.78 is 46.8. The van der Waals surface area contributed by atoms with Gasteiger partial charge in [0.25, 0.3) is 0 Å². The number of aryl methyl sites for hydroxylation is 3. The van der Waals surface area contributed by atoms with Crippen LogP contribution in [0.3, 0.4) is 0 Å². The van der Waals surface area contributed by atoms with Crippen LogP contribution < -0.4 is 4.74 Å².